The molecule has 1 unspecified atom stereocenters. The molecule has 0 aliphatic heterocycles. The SMILES string of the molecule is CCC1CCC[C@](C)(CO)C1. The van der Waals surface area contributed by atoms with Crippen LogP contribution in [0.2, 0.25) is 0 Å². The van der Waals surface area contributed by atoms with Crippen LogP contribution in [0.4, 0.5) is 0 Å². The Bertz CT molecular complexity index is 122. The van der Waals surface area contributed by atoms with E-state index in [2.05, 4.69) is 13.8 Å². The number of aliphatic hydroxyl groups excluding tert-OH is 1. The van der Waals surface area contributed by atoms with Crippen molar-refractivity contribution in [2.45, 2.75) is 46.0 Å². The third kappa shape index (κ3) is 2.19. The van der Waals surface area contributed by atoms with Gasteiger partial charge in [-0.25, -0.2) is 0 Å². The standard InChI is InChI=1S/C10H20O/c1-3-9-5-4-6-10(2,7-9)8-11/h9,11H,3-8H2,1-2H3/t9?,10-/m0/s1. The second-order valence-electron chi connectivity index (χ2n) is 4.34. The van der Waals surface area contributed by atoms with E-state index in [0.717, 1.165) is 5.92 Å². The Balaban J connectivity index is 2.44. The topological polar surface area (TPSA) is 20.2 Å². The van der Waals surface area contributed by atoms with E-state index in [-0.39, 0.29) is 5.41 Å². The molecule has 0 heterocycles. The maximum Gasteiger partial charge on any atom is 0.0484 e. The van der Waals surface area contributed by atoms with Crippen LogP contribution in [-0.2, 0) is 0 Å². The normalized spacial score (nSPS) is 39.0. The van der Waals surface area contributed by atoms with E-state index >= 15 is 0 Å². The summed E-state index contributed by atoms with van der Waals surface area (Å²) in [6.07, 6.45) is 6.44. The van der Waals surface area contributed by atoms with Gasteiger partial charge >= 0.3 is 0 Å². The van der Waals surface area contributed by atoms with Crippen LogP contribution < -0.4 is 0 Å². The monoisotopic (exact) mass is 156 g/mol. The summed E-state index contributed by atoms with van der Waals surface area (Å²) < 4.78 is 0. The number of hydrogen-bond donors (Lipinski definition) is 1. The summed E-state index contributed by atoms with van der Waals surface area (Å²) >= 11 is 0. The zero-order valence-corrected chi connectivity index (χ0v) is 7.77. The third-order valence-corrected chi connectivity index (χ3v) is 3.13. The molecular formula is C10H20O. The maximum atomic E-state index is 9.16. The minimum Gasteiger partial charge on any atom is -0.396 e. The smallest absolute Gasteiger partial charge is 0.0484 e. The fraction of sp³-hybridized carbons (Fsp3) is 1.00. The Morgan fingerprint density at radius 1 is 1.55 bits per heavy atom. The summed E-state index contributed by atoms with van der Waals surface area (Å²) in [4.78, 5) is 0. The van der Waals surface area contributed by atoms with Gasteiger partial charge in [-0.05, 0) is 24.2 Å². The molecule has 11 heavy (non-hydrogen) atoms. The van der Waals surface area contributed by atoms with Gasteiger partial charge < -0.3 is 5.11 Å². The minimum absolute atomic E-state index is 0.249. The summed E-state index contributed by atoms with van der Waals surface area (Å²) in [6, 6.07) is 0. The molecule has 1 rings (SSSR count). The van der Waals surface area contributed by atoms with Crippen molar-refractivity contribution >= 4 is 0 Å². The Morgan fingerprint density at radius 3 is 2.82 bits per heavy atom. The molecule has 0 bridgehead atoms. The van der Waals surface area contributed by atoms with Crippen molar-refractivity contribution in [2.75, 3.05) is 6.61 Å². The van der Waals surface area contributed by atoms with Crippen LogP contribution in [0.3, 0.4) is 0 Å². The van der Waals surface area contributed by atoms with Crippen molar-refractivity contribution < 1.29 is 5.11 Å². The molecule has 0 aromatic heterocycles. The van der Waals surface area contributed by atoms with E-state index in [4.69, 9.17) is 5.11 Å². The summed E-state index contributed by atoms with van der Waals surface area (Å²) in [7, 11) is 0. The quantitative estimate of drug-likeness (QED) is 0.651. The molecule has 0 radical (unpaired) electrons. The van der Waals surface area contributed by atoms with Gasteiger partial charge in [0.15, 0.2) is 0 Å². The van der Waals surface area contributed by atoms with Crippen LogP contribution in [0.5, 0.6) is 0 Å². The van der Waals surface area contributed by atoms with E-state index in [1.165, 1.54) is 32.1 Å². The molecule has 2 atom stereocenters. The lowest BCUT2D eigenvalue weighted by atomic mass is 9.71. The highest BCUT2D eigenvalue weighted by atomic mass is 16.3. The van der Waals surface area contributed by atoms with E-state index < -0.39 is 0 Å². The van der Waals surface area contributed by atoms with E-state index in [1.54, 1.807) is 0 Å². The lowest BCUT2D eigenvalue weighted by Gasteiger charge is -2.36. The number of rotatable bonds is 2. The third-order valence-electron chi connectivity index (χ3n) is 3.13. The molecule has 1 saturated carbocycles. The largest absolute Gasteiger partial charge is 0.396 e. The van der Waals surface area contributed by atoms with Gasteiger partial charge in [-0.2, -0.15) is 0 Å². The maximum absolute atomic E-state index is 9.16. The highest BCUT2D eigenvalue weighted by Gasteiger charge is 2.30. The van der Waals surface area contributed by atoms with Gasteiger partial charge in [0.05, 0.1) is 0 Å². The Morgan fingerprint density at radius 2 is 2.27 bits per heavy atom. The van der Waals surface area contributed by atoms with Gasteiger partial charge in [-0.3, -0.25) is 0 Å². The van der Waals surface area contributed by atoms with Gasteiger partial charge in [0.1, 0.15) is 0 Å². The van der Waals surface area contributed by atoms with Crippen LogP contribution >= 0.6 is 0 Å². The molecule has 0 aromatic rings. The molecule has 66 valence electrons. The molecule has 1 aliphatic carbocycles. The van der Waals surface area contributed by atoms with Gasteiger partial charge in [0, 0.05) is 6.61 Å². The minimum atomic E-state index is 0.249. The summed E-state index contributed by atoms with van der Waals surface area (Å²) in [5.74, 6) is 0.876. The van der Waals surface area contributed by atoms with Crippen molar-refractivity contribution in [3.8, 4) is 0 Å². The lowest BCUT2D eigenvalue weighted by Crippen LogP contribution is -2.28. The molecule has 1 heteroatoms. The second kappa shape index (κ2) is 3.57. The molecule has 0 spiro atoms. The fourth-order valence-electron chi connectivity index (χ4n) is 2.21. The van der Waals surface area contributed by atoms with E-state index in [1.807, 2.05) is 0 Å². The van der Waals surface area contributed by atoms with Gasteiger partial charge in [-0.15, -0.1) is 0 Å². The fourth-order valence-corrected chi connectivity index (χ4v) is 2.21. The summed E-state index contributed by atoms with van der Waals surface area (Å²) in [5.41, 5.74) is 0.249. The Kier molecular flexibility index (Phi) is 2.94. The van der Waals surface area contributed by atoms with Gasteiger partial charge in [-0.1, -0.05) is 33.1 Å². The van der Waals surface area contributed by atoms with Crippen molar-refractivity contribution in [3.63, 3.8) is 0 Å². The number of aliphatic hydroxyl groups is 1. The van der Waals surface area contributed by atoms with Crippen LogP contribution in [0.1, 0.15) is 46.0 Å². The van der Waals surface area contributed by atoms with Crippen LogP contribution in [0.25, 0.3) is 0 Å². The average molecular weight is 156 g/mol. The van der Waals surface area contributed by atoms with Gasteiger partial charge in [0.2, 0.25) is 0 Å². The summed E-state index contributed by atoms with van der Waals surface area (Å²) in [6.45, 7) is 4.85. The molecule has 1 nitrogen and oxygen atoms in total. The second-order valence-corrected chi connectivity index (χ2v) is 4.34. The lowest BCUT2D eigenvalue weighted by molar-refractivity contribution is 0.0723. The predicted molar refractivity (Wildman–Crippen MR) is 47.4 cm³/mol. The number of hydrogen-bond acceptors (Lipinski definition) is 1. The Labute approximate surface area is 69.8 Å². The zero-order chi connectivity index (χ0) is 8.32. The highest BCUT2D eigenvalue weighted by molar-refractivity contribution is 4.81. The first kappa shape index (κ1) is 9.05. The van der Waals surface area contributed by atoms with Crippen molar-refractivity contribution in [3.05, 3.63) is 0 Å². The van der Waals surface area contributed by atoms with E-state index in [9.17, 15) is 0 Å². The summed E-state index contributed by atoms with van der Waals surface area (Å²) in [5, 5.41) is 9.16. The molecule has 0 aromatic carbocycles. The first-order chi connectivity index (χ1) is 5.20. The zero-order valence-electron chi connectivity index (χ0n) is 7.77. The Hall–Kier alpha value is -0.0400. The molecule has 1 N–H and O–H groups in total. The van der Waals surface area contributed by atoms with Gasteiger partial charge in [0.25, 0.3) is 0 Å². The molecule has 0 saturated heterocycles. The molecule has 0 amide bonds. The first-order valence-electron chi connectivity index (χ1n) is 4.81. The predicted octanol–water partition coefficient (Wildman–Crippen LogP) is 2.59. The van der Waals surface area contributed by atoms with Crippen molar-refractivity contribution in [1.82, 2.24) is 0 Å². The van der Waals surface area contributed by atoms with Crippen LogP contribution in [-0.4, -0.2) is 11.7 Å². The van der Waals surface area contributed by atoms with Crippen molar-refractivity contribution in [2.24, 2.45) is 11.3 Å². The molecule has 1 fully saturated rings. The molecule has 1 aliphatic rings. The van der Waals surface area contributed by atoms with Crippen LogP contribution in [0, 0.1) is 11.3 Å². The average Bonchev–Trinajstić information content (AvgIpc) is 2.05. The molecular weight excluding hydrogens is 136 g/mol. The van der Waals surface area contributed by atoms with Crippen LogP contribution in [0.15, 0.2) is 0 Å². The first-order valence-corrected chi connectivity index (χ1v) is 4.81. The van der Waals surface area contributed by atoms with E-state index in [0.29, 0.717) is 6.61 Å². The highest BCUT2D eigenvalue weighted by Crippen LogP contribution is 2.39. The van der Waals surface area contributed by atoms with Crippen molar-refractivity contribution in [1.29, 1.82) is 0 Å².